The van der Waals surface area contributed by atoms with Crippen molar-refractivity contribution in [3.05, 3.63) is 71.1 Å². The van der Waals surface area contributed by atoms with Crippen LogP contribution < -0.4 is 14.3 Å². The summed E-state index contributed by atoms with van der Waals surface area (Å²) in [4.78, 5) is 14.2. The van der Waals surface area contributed by atoms with E-state index >= 15 is 4.39 Å². The van der Waals surface area contributed by atoms with Crippen molar-refractivity contribution in [2.45, 2.75) is 74.2 Å². The van der Waals surface area contributed by atoms with Crippen molar-refractivity contribution in [2.24, 2.45) is 5.41 Å². The van der Waals surface area contributed by atoms with Crippen LogP contribution in [0.5, 0.6) is 0 Å². The molecule has 9 rings (SSSR count). The van der Waals surface area contributed by atoms with Crippen molar-refractivity contribution in [3.8, 4) is 21.8 Å². The van der Waals surface area contributed by atoms with E-state index < -0.39 is 48.1 Å². The molecule has 17 heteroatoms. The number of anilines is 3. The molecule has 10 nitrogen and oxygen atoms in total. The summed E-state index contributed by atoms with van der Waals surface area (Å²) in [6.07, 6.45) is 0.876. The minimum Gasteiger partial charge on any atom is -0.351 e. The predicted octanol–water partition coefficient (Wildman–Crippen LogP) is 6.88. The number of para-hydroxylation sites is 1. The van der Waals surface area contributed by atoms with Gasteiger partial charge in [0, 0.05) is 36.0 Å². The molecule has 4 saturated carbocycles. The third-order valence-electron chi connectivity index (χ3n) is 10.8. The molecule has 2 N–H and O–H groups in total. The third-order valence-corrected chi connectivity index (χ3v) is 15.3. The summed E-state index contributed by atoms with van der Waals surface area (Å²) in [5, 5.41) is 3.33. The standard InChI is InChI=1S/C34H34F4N6O4S3/c1-50(45,46)22-11-9-21(10-12-22)40-31-39-15-13-25(41-31)29-28(42-30(49-29)32-17-33(18-32,19-32)34(36,37)38)23-6-4-7-24(27(23)35)43-51(47,48)44-16-14-20-5-2-3-8-26(20)44/h2-8,13,15,21-22,43H,9-12,14,16-19H2,1H3,(H,39,40,41). The molecule has 2 bridgehead atoms. The van der Waals surface area contributed by atoms with Crippen molar-refractivity contribution < 1.29 is 34.4 Å². The van der Waals surface area contributed by atoms with Gasteiger partial charge in [-0.25, -0.2) is 27.8 Å². The average molecular weight is 763 g/mol. The molecule has 0 spiro atoms. The summed E-state index contributed by atoms with van der Waals surface area (Å²) in [6, 6.07) is 12.9. The van der Waals surface area contributed by atoms with E-state index in [1.165, 1.54) is 35.0 Å². The lowest BCUT2D eigenvalue weighted by Crippen LogP contribution is -2.70. The molecule has 0 atom stereocenters. The number of alkyl halides is 3. The van der Waals surface area contributed by atoms with Gasteiger partial charge < -0.3 is 5.32 Å². The number of halogens is 4. The molecule has 3 heterocycles. The number of benzene rings is 2. The maximum absolute atomic E-state index is 16.5. The summed E-state index contributed by atoms with van der Waals surface area (Å²) in [6.45, 7) is 0.195. The summed E-state index contributed by atoms with van der Waals surface area (Å²) >= 11 is 1.16. The molecule has 0 unspecified atom stereocenters. The number of thiazole rings is 1. The summed E-state index contributed by atoms with van der Waals surface area (Å²) < 4.78 is 112. The van der Waals surface area contributed by atoms with Gasteiger partial charge in [0.15, 0.2) is 5.82 Å². The molecular formula is C34H34F4N6O4S3. The Labute approximate surface area is 296 Å². The van der Waals surface area contributed by atoms with Crippen molar-refractivity contribution >= 4 is 48.7 Å². The molecule has 1 aliphatic heterocycles. The van der Waals surface area contributed by atoms with E-state index in [-0.39, 0.29) is 54.7 Å². The monoisotopic (exact) mass is 762 g/mol. The van der Waals surface area contributed by atoms with Gasteiger partial charge in [-0.1, -0.05) is 24.3 Å². The minimum absolute atomic E-state index is 0.0288. The van der Waals surface area contributed by atoms with Crippen LogP contribution in [-0.2, 0) is 31.9 Å². The lowest BCUT2D eigenvalue weighted by Gasteiger charge is -2.69. The Bertz CT molecular complexity index is 2240. The van der Waals surface area contributed by atoms with Crippen molar-refractivity contribution in [3.63, 3.8) is 0 Å². The number of nitrogens with zero attached hydrogens (tertiary/aromatic N) is 4. The Hall–Kier alpha value is -3.83. The van der Waals surface area contributed by atoms with Gasteiger partial charge in [0.1, 0.15) is 14.8 Å². The first-order valence-electron chi connectivity index (χ1n) is 16.6. The maximum Gasteiger partial charge on any atom is 0.394 e. The van der Waals surface area contributed by atoms with Crippen LogP contribution in [0.4, 0.5) is 34.9 Å². The minimum atomic E-state index is -4.32. The summed E-state index contributed by atoms with van der Waals surface area (Å²) in [7, 11) is -7.36. The first kappa shape index (κ1) is 34.3. The fraction of sp³-hybridized carbons (Fsp3) is 0.441. The number of sulfone groups is 1. The number of fused-ring (bicyclic) bond motifs is 1. The van der Waals surface area contributed by atoms with Crippen molar-refractivity contribution in [1.29, 1.82) is 0 Å². The Kier molecular flexibility index (Phi) is 7.96. The first-order chi connectivity index (χ1) is 24.1. The van der Waals surface area contributed by atoms with Crippen LogP contribution in [0.15, 0.2) is 54.7 Å². The molecule has 2 aromatic heterocycles. The maximum atomic E-state index is 16.5. The molecule has 0 radical (unpaired) electrons. The van der Waals surface area contributed by atoms with Gasteiger partial charge in [0.25, 0.3) is 0 Å². The van der Waals surface area contributed by atoms with E-state index in [2.05, 4.69) is 15.0 Å². The smallest absolute Gasteiger partial charge is 0.351 e. The third kappa shape index (κ3) is 5.84. The second-order valence-corrected chi connectivity index (χ2v) is 19.1. The summed E-state index contributed by atoms with van der Waals surface area (Å²) in [5.41, 5.74) is -0.946. The molecule has 0 saturated heterocycles. The second kappa shape index (κ2) is 11.8. The lowest BCUT2D eigenvalue weighted by atomic mass is 9.35. The zero-order chi connectivity index (χ0) is 36.0. The highest BCUT2D eigenvalue weighted by Gasteiger charge is 2.79. The first-order valence-corrected chi connectivity index (χ1v) is 20.8. The largest absolute Gasteiger partial charge is 0.394 e. The van der Waals surface area contributed by atoms with E-state index in [1.807, 2.05) is 12.1 Å². The number of aromatic nitrogens is 3. The van der Waals surface area contributed by atoms with Gasteiger partial charge in [-0.05, 0) is 81.2 Å². The van der Waals surface area contributed by atoms with Crippen LogP contribution in [0.3, 0.4) is 0 Å². The average Bonchev–Trinajstić information content (AvgIpc) is 3.66. The Morgan fingerprint density at radius 1 is 0.941 bits per heavy atom. The second-order valence-electron chi connectivity index (χ2n) is 14.2. The van der Waals surface area contributed by atoms with Crippen molar-refractivity contribution in [1.82, 2.24) is 15.0 Å². The van der Waals surface area contributed by atoms with Crippen LogP contribution in [0, 0.1) is 11.2 Å². The van der Waals surface area contributed by atoms with Gasteiger partial charge in [-0.3, -0.25) is 9.03 Å². The molecule has 4 aromatic rings. The molecule has 0 amide bonds. The number of nitrogens with one attached hydrogen (secondary N) is 2. The highest BCUT2D eigenvalue weighted by Crippen LogP contribution is 2.79. The van der Waals surface area contributed by atoms with Crippen LogP contribution in [0.25, 0.3) is 21.8 Å². The van der Waals surface area contributed by atoms with Crippen LogP contribution in [0.1, 0.15) is 55.5 Å². The highest BCUT2D eigenvalue weighted by molar-refractivity contribution is 7.94. The summed E-state index contributed by atoms with van der Waals surface area (Å²) in [5.74, 6) is -0.614. The molecule has 51 heavy (non-hydrogen) atoms. The number of rotatable bonds is 9. The zero-order valence-electron chi connectivity index (χ0n) is 27.4. The van der Waals surface area contributed by atoms with Crippen molar-refractivity contribution in [2.75, 3.05) is 27.1 Å². The molecule has 4 fully saturated rings. The van der Waals surface area contributed by atoms with E-state index in [1.54, 1.807) is 18.2 Å². The van der Waals surface area contributed by atoms with Gasteiger partial charge in [-0.2, -0.15) is 21.6 Å². The molecule has 2 aromatic carbocycles. The molecule has 4 aliphatic carbocycles. The number of hydrogen-bond acceptors (Lipinski definition) is 9. The fourth-order valence-corrected chi connectivity index (χ4v) is 11.8. The van der Waals surface area contributed by atoms with Gasteiger partial charge >= 0.3 is 16.4 Å². The molecular weight excluding hydrogens is 729 g/mol. The quantitative estimate of drug-likeness (QED) is 0.177. The lowest BCUT2D eigenvalue weighted by molar-refractivity contribution is -0.337. The Morgan fingerprint density at radius 3 is 2.37 bits per heavy atom. The van der Waals surface area contributed by atoms with E-state index in [4.69, 9.17) is 9.97 Å². The highest BCUT2D eigenvalue weighted by atomic mass is 32.2. The Balaban J connectivity index is 1.12. The normalized spacial score (nSPS) is 25.9. The fourth-order valence-electron chi connectivity index (χ4n) is 8.14. The Morgan fingerprint density at radius 2 is 1.67 bits per heavy atom. The zero-order valence-corrected chi connectivity index (χ0v) is 29.8. The molecule has 270 valence electrons. The van der Waals surface area contributed by atoms with E-state index in [0.717, 1.165) is 16.9 Å². The van der Waals surface area contributed by atoms with Crippen LogP contribution in [-0.4, -0.2) is 62.1 Å². The molecule has 5 aliphatic rings. The van der Waals surface area contributed by atoms with Gasteiger partial charge in [0.05, 0.1) is 38.3 Å². The topological polar surface area (TPSA) is 134 Å². The SMILES string of the molecule is CS(=O)(=O)C1CCC(Nc2nccc(-c3sc(C45CC(C(F)(F)F)(C4)C5)nc3-c3cccc(NS(=O)(=O)N4CCc5ccccc54)c3F)n2)CC1. The predicted molar refractivity (Wildman–Crippen MR) is 187 cm³/mol. The van der Waals surface area contributed by atoms with Gasteiger partial charge in [-0.15, -0.1) is 11.3 Å². The van der Waals surface area contributed by atoms with E-state index in [0.29, 0.717) is 53.4 Å². The van der Waals surface area contributed by atoms with Crippen LogP contribution >= 0.6 is 11.3 Å². The van der Waals surface area contributed by atoms with Gasteiger partial charge in [0.2, 0.25) is 5.95 Å². The number of hydrogen-bond donors (Lipinski definition) is 2. The van der Waals surface area contributed by atoms with Crippen LogP contribution in [0.2, 0.25) is 0 Å². The van der Waals surface area contributed by atoms with E-state index in [9.17, 15) is 30.0 Å².